The van der Waals surface area contributed by atoms with Crippen LogP contribution in [0.3, 0.4) is 0 Å². The van der Waals surface area contributed by atoms with Gasteiger partial charge in [-0.25, -0.2) is 4.39 Å². The highest BCUT2D eigenvalue weighted by Crippen LogP contribution is 2.26. The average Bonchev–Trinajstić information content (AvgIpc) is 2.37. The van der Waals surface area contributed by atoms with Crippen molar-refractivity contribution in [2.24, 2.45) is 0 Å². The Hall–Kier alpha value is -0.640. The molecular weight excluding hydrogens is 253 g/mol. The number of nitrogens with zero attached hydrogens (tertiary/aromatic N) is 1. The van der Waals surface area contributed by atoms with Crippen molar-refractivity contribution in [1.29, 1.82) is 0 Å². The van der Waals surface area contributed by atoms with Crippen molar-refractivity contribution in [3.63, 3.8) is 0 Å². The van der Waals surface area contributed by atoms with Gasteiger partial charge in [0.05, 0.1) is 5.02 Å². The Bertz CT molecular complexity index is 397. The second kappa shape index (κ2) is 6.50. The van der Waals surface area contributed by atoms with E-state index in [1.165, 1.54) is 12.5 Å². The molecule has 2 nitrogen and oxygen atoms in total. The molecule has 0 aromatic heterocycles. The number of hydrogen-bond donors (Lipinski definition) is 1. The summed E-state index contributed by atoms with van der Waals surface area (Å²) in [5, 5.41) is 9.32. The van der Waals surface area contributed by atoms with Gasteiger partial charge in [0.2, 0.25) is 0 Å². The smallest absolute Gasteiger partial charge is 0.142 e. The lowest BCUT2D eigenvalue weighted by atomic mass is 9.99. The molecule has 100 valence electrons. The van der Waals surface area contributed by atoms with Gasteiger partial charge < -0.3 is 5.11 Å². The third-order valence-corrected chi connectivity index (χ3v) is 4.04. The quantitative estimate of drug-likeness (QED) is 0.909. The van der Waals surface area contributed by atoms with Gasteiger partial charge in [0.25, 0.3) is 0 Å². The summed E-state index contributed by atoms with van der Waals surface area (Å²) in [6.07, 6.45) is 4.26. The third kappa shape index (κ3) is 3.22. The number of aliphatic hydroxyl groups is 1. The number of halogens is 2. The average molecular weight is 272 g/mol. The van der Waals surface area contributed by atoms with Crippen LogP contribution in [0.4, 0.5) is 4.39 Å². The summed E-state index contributed by atoms with van der Waals surface area (Å²) in [6, 6.07) is 5.34. The first-order valence-corrected chi connectivity index (χ1v) is 6.88. The predicted octanol–water partition coefficient (Wildman–Crippen LogP) is 3.22. The topological polar surface area (TPSA) is 23.5 Å². The molecule has 1 aliphatic heterocycles. The summed E-state index contributed by atoms with van der Waals surface area (Å²) in [5.41, 5.74) is 0.835. The minimum absolute atomic E-state index is 0.206. The largest absolute Gasteiger partial charge is 0.396 e. The molecule has 1 atom stereocenters. The van der Waals surface area contributed by atoms with Gasteiger partial charge in [0, 0.05) is 19.2 Å². The minimum atomic E-state index is -0.357. The van der Waals surface area contributed by atoms with Crippen molar-refractivity contribution in [1.82, 2.24) is 4.90 Å². The van der Waals surface area contributed by atoms with Gasteiger partial charge in [0.1, 0.15) is 5.82 Å². The standard InChI is InChI=1S/C14H19ClFNO/c15-14-11(4-3-6-13(14)16)10-17-8-2-1-5-12(17)7-9-18/h3-4,6,12,18H,1-2,5,7-10H2. The van der Waals surface area contributed by atoms with Crippen LogP contribution >= 0.6 is 11.6 Å². The Balaban J connectivity index is 2.08. The van der Waals surface area contributed by atoms with Crippen molar-refractivity contribution in [3.8, 4) is 0 Å². The summed E-state index contributed by atoms with van der Waals surface area (Å²) in [7, 11) is 0. The van der Waals surface area contributed by atoms with E-state index in [-0.39, 0.29) is 17.4 Å². The molecule has 18 heavy (non-hydrogen) atoms. The molecule has 1 saturated heterocycles. The second-order valence-electron chi connectivity index (χ2n) is 4.85. The van der Waals surface area contributed by atoms with Gasteiger partial charge in [-0.2, -0.15) is 0 Å². The van der Waals surface area contributed by atoms with E-state index >= 15 is 0 Å². The van der Waals surface area contributed by atoms with Crippen molar-refractivity contribution >= 4 is 11.6 Å². The van der Waals surface area contributed by atoms with Crippen LogP contribution in [0.15, 0.2) is 18.2 Å². The van der Waals surface area contributed by atoms with E-state index in [1.807, 2.05) is 6.07 Å². The zero-order chi connectivity index (χ0) is 13.0. The highest BCUT2D eigenvalue weighted by atomic mass is 35.5. The molecule has 1 N–H and O–H groups in total. The van der Waals surface area contributed by atoms with Crippen molar-refractivity contribution in [2.45, 2.75) is 38.3 Å². The van der Waals surface area contributed by atoms with Gasteiger partial charge in [-0.05, 0) is 37.4 Å². The number of hydrogen-bond acceptors (Lipinski definition) is 2. The Morgan fingerprint density at radius 1 is 1.39 bits per heavy atom. The molecule has 2 rings (SSSR count). The summed E-state index contributed by atoms with van der Waals surface area (Å²) in [5.74, 6) is -0.357. The number of rotatable bonds is 4. The van der Waals surface area contributed by atoms with E-state index in [9.17, 15) is 4.39 Å². The maximum Gasteiger partial charge on any atom is 0.142 e. The molecule has 0 saturated carbocycles. The summed E-state index contributed by atoms with van der Waals surface area (Å²) in [4.78, 5) is 2.31. The predicted molar refractivity (Wildman–Crippen MR) is 71.2 cm³/mol. The first kappa shape index (κ1) is 13.8. The Morgan fingerprint density at radius 3 is 3.00 bits per heavy atom. The molecule has 4 heteroatoms. The Kier molecular flexibility index (Phi) is 4.98. The van der Waals surface area contributed by atoms with Crippen LogP contribution in [-0.4, -0.2) is 29.2 Å². The van der Waals surface area contributed by atoms with Crippen LogP contribution < -0.4 is 0 Å². The molecule has 0 amide bonds. The fraction of sp³-hybridized carbons (Fsp3) is 0.571. The lowest BCUT2D eigenvalue weighted by Gasteiger charge is -2.35. The molecule has 1 aliphatic rings. The highest BCUT2D eigenvalue weighted by Gasteiger charge is 2.22. The molecule has 0 bridgehead atoms. The number of likely N-dealkylation sites (tertiary alicyclic amines) is 1. The van der Waals surface area contributed by atoms with Crippen molar-refractivity contribution in [2.75, 3.05) is 13.2 Å². The molecule has 1 aromatic rings. The molecular formula is C14H19ClFNO. The summed E-state index contributed by atoms with van der Waals surface area (Å²) >= 11 is 5.99. The fourth-order valence-electron chi connectivity index (χ4n) is 2.63. The fourth-order valence-corrected chi connectivity index (χ4v) is 2.82. The first-order valence-electron chi connectivity index (χ1n) is 6.50. The van der Waals surface area contributed by atoms with Gasteiger partial charge >= 0.3 is 0 Å². The van der Waals surface area contributed by atoms with Crippen LogP contribution in [0, 0.1) is 5.82 Å². The number of aliphatic hydroxyl groups excluding tert-OH is 1. The van der Waals surface area contributed by atoms with Crippen LogP contribution in [-0.2, 0) is 6.54 Å². The van der Waals surface area contributed by atoms with Crippen molar-refractivity contribution in [3.05, 3.63) is 34.6 Å². The lowest BCUT2D eigenvalue weighted by molar-refractivity contribution is 0.112. The molecule has 1 aromatic carbocycles. The normalized spacial score (nSPS) is 21.2. The monoisotopic (exact) mass is 271 g/mol. The zero-order valence-corrected chi connectivity index (χ0v) is 11.2. The Labute approximate surface area is 112 Å². The number of benzene rings is 1. The van der Waals surface area contributed by atoms with E-state index < -0.39 is 0 Å². The van der Waals surface area contributed by atoms with Gasteiger partial charge in [-0.15, -0.1) is 0 Å². The van der Waals surface area contributed by atoms with Crippen LogP contribution in [0.1, 0.15) is 31.2 Å². The molecule has 0 spiro atoms. The zero-order valence-electron chi connectivity index (χ0n) is 10.4. The number of piperidine rings is 1. The SMILES string of the molecule is OCCC1CCCCN1Cc1cccc(F)c1Cl. The molecule has 1 heterocycles. The molecule has 1 fully saturated rings. The van der Waals surface area contributed by atoms with E-state index in [1.54, 1.807) is 6.07 Å². The first-order chi connectivity index (χ1) is 8.72. The maximum absolute atomic E-state index is 13.4. The maximum atomic E-state index is 13.4. The van der Waals surface area contributed by atoms with E-state index in [0.717, 1.165) is 31.4 Å². The van der Waals surface area contributed by atoms with Crippen LogP contribution in [0.5, 0.6) is 0 Å². The van der Waals surface area contributed by atoms with Crippen LogP contribution in [0.2, 0.25) is 5.02 Å². The third-order valence-electron chi connectivity index (χ3n) is 3.62. The molecule has 0 aliphatic carbocycles. The molecule has 1 unspecified atom stereocenters. The van der Waals surface area contributed by atoms with Gasteiger partial charge in [0.15, 0.2) is 0 Å². The van der Waals surface area contributed by atoms with Crippen molar-refractivity contribution < 1.29 is 9.50 Å². The van der Waals surface area contributed by atoms with Crippen LogP contribution in [0.25, 0.3) is 0 Å². The Morgan fingerprint density at radius 2 is 2.22 bits per heavy atom. The van der Waals surface area contributed by atoms with Gasteiger partial charge in [-0.3, -0.25) is 4.90 Å². The van der Waals surface area contributed by atoms with Gasteiger partial charge in [-0.1, -0.05) is 30.2 Å². The second-order valence-corrected chi connectivity index (χ2v) is 5.22. The summed E-state index contributed by atoms with van der Waals surface area (Å²) < 4.78 is 13.4. The van der Waals surface area contributed by atoms with E-state index in [0.29, 0.717) is 12.6 Å². The van der Waals surface area contributed by atoms with E-state index in [4.69, 9.17) is 16.7 Å². The summed E-state index contributed by atoms with van der Waals surface area (Å²) in [6.45, 7) is 1.87. The highest BCUT2D eigenvalue weighted by molar-refractivity contribution is 6.31. The lowest BCUT2D eigenvalue weighted by Crippen LogP contribution is -2.39. The van der Waals surface area contributed by atoms with E-state index in [2.05, 4.69) is 4.90 Å². The molecule has 0 radical (unpaired) electrons. The minimum Gasteiger partial charge on any atom is -0.396 e.